The summed E-state index contributed by atoms with van der Waals surface area (Å²) in [4.78, 5) is 44.2. The Morgan fingerprint density at radius 3 is 2.84 bits per heavy atom. The zero-order valence-corrected chi connectivity index (χ0v) is 18.2. The molecule has 0 fully saturated rings. The number of amides is 1. The molecule has 162 valence electrons. The summed E-state index contributed by atoms with van der Waals surface area (Å²) < 4.78 is 0. The lowest BCUT2D eigenvalue weighted by atomic mass is 10.2. The summed E-state index contributed by atoms with van der Waals surface area (Å²) >= 11 is 3.01. The van der Waals surface area contributed by atoms with Crippen LogP contribution >= 0.6 is 23.1 Å². The number of anilines is 1. The van der Waals surface area contributed by atoms with E-state index in [4.69, 9.17) is 0 Å². The predicted molar refractivity (Wildman–Crippen MR) is 123 cm³/mol. The second-order valence-electron chi connectivity index (χ2n) is 7.12. The standard InChI is InChI=1S/C20H21N5O4S2/c26-17(22-9-8-21-12-4-6-13(7-5-12)25(28)29)11-30-10-16-23-19(27)18-14-2-1-3-15(14)31-20(18)24-16/h4-7,21H,1-3,8-11H2,(H,22,26)(H,23,24,27). The van der Waals surface area contributed by atoms with Gasteiger partial charge in [-0.05, 0) is 37.0 Å². The number of nitro groups is 1. The molecule has 31 heavy (non-hydrogen) atoms. The van der Waals surface area contributed by atoms with Crippen molar-refractivity contribution in [3.63, 3.8) is 0 Å². The van der Waals surface area contributed by atoms with Gasteiger partial charge in [0.2, 0.25) is 5.91 Å². The smallest absolute Gasteiger partial charge is 0.269 e. The highest BCUT2D eigenvalue weighted by atomic mass is 32.2. The van der Waals surface area contributed by atoms with Crippen LogP contribution in [0.2, 0.25) is 0 Å². The first-order chi connectivity index (χ1) is 15.0. The molecule has 1 aromatic carbocycles. The van der Waals surface area contributed by atoms with Crippen molar-refractivity contribution in [3.8, 4) is 0 Å². The molecule has 0 atom stereocenters. The highest BCUT2D eigenvalue weighted by Crippen LogP contribution is 2.34. The highest BCUT2D eigenvalue weighted by molar-refractivity contribution is 7.99. The molecule has 3 N–H and O–H groups in total. The minimum atomic E-state index is -0.447. The molecular weight excluding hydrogens is 438 g/mol. The average Bonchev–Trinajstić information content (AvgIpc) is 3.32. The predicted octanol–water partition coefficient (Wildman–Crippen LogP) is 2.84. The first-order valence-electron chi connectivity index (χ1n) is 9.87. The first kappa shape index (κ1) is 21.3. The van der Waals surface area contributed by atoms with E-state index in [0.29, 0.717) is 24.7 Å². The number of aromatic nitrogens is 2. The van der Waals surface area contributed by atoms with Gasteiger partial charge in [-0.2, -0.15) is 0 Å². The summed E-state index contributed by atoms with van der Waals surface area (Å²) in [5.74, 6) is 1.21. The molecule has 1 aliphatic rings. The number of rotatable bonds is 9. The van der Waals surface area contributed by atoms with E-state index in [2.05, 4.69) is 20.6 Å². The maximum Gasteiger partial charge on any atom is 0.269 e. The number of benzene rings is 1. The fourth-order valence-electron chi connectivity index (χ4n) is 3.52. The third-order valence-corrected chi connectivity index (χ3v) is 7.08. The Balaban J connectivity index is 1.19. The van der Waals surface area contributed by atoms with Gasteiger partial charge in [-0.25, -0.2) is 4.98 Å². The average molecular weight is 460 g/mol. The van der Waals surface area contributed by atoms with Crippen LogP contribution in [0.3, 0.4) is 0 Å². The summed E-state index contributed by atoms with van der Waals surface area (Å²) in [6, 6.07) is 6.11. The van der Waals surface area contributed by atoms with E-state index in [-0.39, 0.29) is 22.9 Å². The molecule has 3 aromatic rings. The van der Waals surface area contributed by atoms with Crippen molar-refractivity contribution < 1.29 is 9.72 Å². The third kappa shape index (κ3) is 5.05. The number of non-ortho nitro benzene ring substituents is 1. The molecule has 0 aliphatic heterocycles. The molecule has 1 aliphatic carbocycles. The number of fused-ring (bicyclic) bond motifs is 3. The first-order valence-corrected chi connectivity index (χ1v) is 11.8. The summed E-state index contributed by atoms with van der Waals surface area (Å²) in [6.07, 6.45) is 3.08. The zero-order valence-electron chi connectivity index (χ0n) is 16.6. The van der Waals surface area contributed by atoms with Crippen LogP contribution in [0, 0.1) is 10.1 Å². The van der Waals surface area contributed by atoms with Gasteiger partial charge < -0.3 is 15.6 Å². The van der Waals surface area contributed by atoms with Gasteiger partial charge in [-0.15, -0.1) is 23.1 Å². The normalized spacial score (nSPS) is 12.6. The van der Waals surface area contributed by atoms with Crippen LogP contribution in [0.4, 0.5) is 11.4 Å². The summed E-state index contributed by atoms with van der Waals surface area (Å²) in [5.41, 5.74) is 1.87. The maximum atomic E-state index is 12.4. The van der Waals surface area contributed by atoms with Gasteiger partial charge in [0.15, 0.2) is 0 Å². The summed E-state index contributed by atoms with van der Waals surface area (Å²) in [5, 5.41) is 17.3. The monoisotopic (exact) mass is 459 g/mol. The van der Waals surface area contributed by atoms with Gasteiger partial charge in [-0.1, -0.05) is 0 Å². The number of H-pyrrole nitrogens is 1. The molecule has 0 saturated heterocycles. The largest absolute Gasteiger partial charge is 0.383 e. The van der Waals surface area contributed by atoms with Crippen molar-refractivity contribution in [2.75, 3.05) is 24.2 Å². The van der Waals surface area contributed by atoms with E-state index >= 15 is 0 Å². The molecule has 2 aromatic heterocycles. The molecule has 9 nitrogen and oxygen atoms in total. The number of aromatic amines is 1. The summed E-state index contributed by atoms with van der Waals surface area (Å²) in [6.45, 7) is 0.932. The van der Waals surface area contributed by atoms with Crippen molar-refractivity contribution >= 4 is 50.6 Å². The molecule has 0 spiro atoms. The molecule has 4 rings (SSSR count). The number of aryl methyl sites for hydroxylation is 2. The Hall–Kier alpha value is -2.92. The van der Waals surface area contributed by atoms with Crippen molar-refractivity contribution in [2.24, 2.45) is 0 Å². The topological polar surface area (TPSA) is 130 Å². The zero-order chi connectivity index (χ0) is 21.8. The van der Waals surface area contributed by atoms with E-state index in [0.717, 1.165) is 40.7 Å². The van der Waals surface area contributed by atoms with Crippen LogP contribution < -0.4 is 16.2 Å². The number of nitrogens with zero attached hydrogens (tertiary/aromatic N) is 2. The SMILES string of the molecule is O=C(CSCc1nc2sc3c(c2c(=O)[nH]1)CCC3)NCCNc1ccc([N+](=O)[O-])cc1. The molecule has 11 heteroatoms. The number of hydrogen-bond donors (Lipinski definition) is 3. The third-order valence-electron chi connectivity index (χ3n) is 4.95. The number of carbonyl (C=O) groups is 1. The molecule has 1 amide bonds. The Kier molecular flexibility index (Phi) is 6.52. The fraction of sp³-hybridized carbons (Fsp3) is 0.350. The van der Waals surface area contributed by atoms with Crippen LogP contribution in [0.25, 0.3) is 10.2 Å². The fourth-order valence-corrected chi connectivity index (χ4v) is 5.52. The van der Waals surface area contributed by atoms with Crippen LogP contribution in [0.1, 0.15) is 22.7 Å². The van der Waals surface area contributed by atoms with E-state index in [1.54, 1.807) is 23.5 Å². The van der Waals surface area contributed by atoms with Gasteiger partial charge in [0.25, 0.3) is 11.2 Å². The van der Waals surface area contributed by atoms with Gasteiger partial charge in [0, 0.05) is 35.8 Å². The number of nitro benzene ring substituents is 1. The van der Waals surface area contributed by atoms with Gasteiger partial charge in [-0.3, -0.25) is 19.7 Å². The van der Waals surface area contributed by atoms with E-state index in [9.17, 15) is 19.7 Å². The number of carbonyl (C=O) groups excluding carboxylic acids is 1. The Bertz CT molecular complexity index is 1170. The minimum Gasteiger partial charge on any atom is -0.383 e. The number of thiophene rings is 1. The van der Waals surface area contributed by atoms with Crippen LogP contribution in [0.15, 0.2) is 29.1 Å². The Labute approximate surface area is 185 Å². The second-order valence-corrected chi connectivity index (χ2v) is 9.19. The molecular formula is C20H21N5O4S2. The lowest BCUT2D eigenvalue weighted by Crippen LogP contribution is -2.30. The maximum absolute atomic E-state index is 12.4. The lowest BCUT2D eigenvalue weighted by Gasteiger charge is -2.08. The van der Waals surface area contributed by atoms with Gasteiger partial charge in [0.05, 0.1) is 21.8 Å². The van der Waals surface area contributed by atoms with Gasteiger partial charge in [0.1, 0.15) is 10.7 Å². The van der Waals surface area contributed by atoms with Crippen molar-refractivity contribution in [1.29, 1.82) is 0 Å². The second kappa shape index (κ2) is 9.48. The highest BCUT2D eigenvalue weighted by Gasteiger charge is 2.21. The van der Waals surface area contributed by atoms with Crippen molar-refractivity contribution in [2.45, 2.75) is 25.0 Å². The van der Waals surface area contributed by atoms with E-state index in [1.807, 2.05) is 0 Å². The summed E-state index contributed by atoms with van der Waals surface area (Å²) in [7, 11) is 0. The molecule has 0 radical (unpaired) electrons. The van der Waals surface area contributed by atoms with Crippen LogP contribution in [-0.4, -0.2) is 39.6 Å². The lowest BCUT2D eigenvalue weighted by molar-refractivity contribution is -0.384. The molecule has 0 unspecified atom stereocenters. The Morgan fingerprint density at radius 2 is 2.06 bits per heavy atom. The Morgan fingerprint density at radius 1 is 1.26 bits per heavy atom. The van der Waals surface area contributed by atoms with Gasteiger partial charge >= 0.3 is 0 Å². The molecule has 2 heterocycles. The minimum absolute atomic E-state index is 0.0361. The van der Waals surface area contributed by atoms with Crippen molar-refractivity contribution in [1.82, 2.24) is 15.3 Å². The number of thioether (sulfide) groups is 1. The van der Waals surface area contributed by atoms with Crippen LogP contribution in [-0.2, 0) is 23.4 Å². The molecule has 0 saturated carbocycles. The molecule has 0 bridgehead atoms. The van der Waals surface area contributed by atoms with E-state index < -0.39 is 4.92 Å². The quantitative estimate of drug-likeness (QED) is 0.255. The number of hydrogen-bond acceptors (Lipinski definition) is 8. The number of nitrogens with one attached hydrogen (secondary N) is 3. The van der Waals surface area contributed by atoms with Crippen LogP contribution in [0.5, 0.6) is 0 Å². The van der Waals surface area contributed by atoms with E-state index in [1.165, 1.54) is 28.8 Å². The van der Waals surface area contributed by atoms with Crippen molar-refractivity contribution in [3.05, 3.63) is 61.0 Å².